The second-order valence-electron chi connectivity index (χ2n) is 10.00. The number of methoxy groups -OCH3 is 1. The highest BCUT2D eigenvalue weighted by atomic mass is 16.5. The third-order valence-corrected chi connectivity index (χ3v) is 6.98. The van der Waals surface area contributed by atoms with E-state index in [9.17, 15) is 14.4 Å². The highest BCUT2D eigenvalue weighted by molar-refractivity contribution is 5.70. The van der Waals surface area contributed by atoms with Crippen LogP contribution in [0.2, 0.25) is 0 Å². The van der Waals surface area contributed by atoms with E-state index >= 15 is 0 Å². The third-order valence-electron chi connectivity index (χ3n) is 6.98. The van der Waals surface area contributed by atoms with Crippen molar-refractivity contribution >= 4 is 17.9 Å². The van der Waals surface area contributed by atoms with Crippen molar-refractivity contribution in [1.82, 2.24) is 0 Å². The molecule has 1 saturated heterocycles. The molecule has 1 rings (SSSR count). The SMILES string of the molecule is CCC/C(=C/CCC(=O)OCC(CC)CCCC(=O)OCC(CCOC)CC1CCOC(=O)C1)CC. The molecule has 0 aromatic carbocycles. The van der Waals surface area contributed by atoms with Crippen LogP contribution in [0.3, 0.4) is 0 Å². The standard InChI is InChI=1S/C29H50O7/c1-5-10-23(6-2)11-8-13-27(30)35-21-24(7-3)12-9-14-28(31)36-22-26(15-17-33-4)19-25-16-18-34-29(32)20-25/h11,24-26H,5-10,12-22H2,1-4H3/b23-11+. The Morgan fingerprint density at radius 2 is 1.75 bits per heavy atom. The first kappa shape index (κ1) is 32.1. The highest BCUT2D eigenvalue weighted by Crippen LogP contribution is 2.26. The Morgan fingerprint density at radius 3 is 2.39 bits per heavy atom. The molecule has 0 spiro atoms. The van der Waals surface area contributed by atoms with Crippen LogP contribution in [0.15, 0.2) is 11.6 Å². The number of esters is 3. The van der Waals surface area contributed by atoms with Gasteiger partial charge in [-0.1, -0.05) is 45.3 Å². The maximum atomic E-state index is 12.3. The molecule has 0 bridgehead atoms. The van der Waals surface area contributed by atoms with E-state index in [1.54, 1.807) is 7.11 Å². The first-order valence-electron chi connectivity index (χ1n) is 14.0. The molecular weight excluding hydrogens is 460 g/mol. The molecule has 1 aliphatic heterocycles. The van der Waals surface area contributed by atoms with Crippen LogP contribution in [0.4, 0.5) is 0 Å². The van der Waals surface area contributed by atoms with Crippen LogP contribution in [0.5, 0.6) is 0 Å². The van der Waals surface area contributed by atoms with Gasteiger partial charge in [0.15, 0.2) is 0 Å². The van der Waals surface area contributed by atoms with Crippen molar-refractivity contribution < 1.29 is 33.3 Å². The minimum absolute atomic E-state index is 0.140. The largest absolute Gasteiger partial charge is 0.466 e. The molecule has 7 nitrogen and oxygen atoms in total. The molecule has 0 aromatic heterocycles. The van der Waals surface area contributed by atoms with E-state index in [4.69, 9.17) is 18.9 Å². The van der Waals surface area contributed by atoms with Crippen LogP contribution < -0.4 is 0 Å². The number of hydrogen-bond donors (Lipinski definition) is 0. The lowest BCUT2D eigenvalue weighted by molar-refractivity contribution is -0.151. The number of cyclic esters (lactones) is 1. The summed E-state index contributed by atoms with van der Waals surface area (Å²) in [6.45, 7) is 8.24. The van der Waals surface area contributed by atoms with Crippen molar-refractivity contribution in [3.8, 4) is 0 Å². The van der Waals surface area contributed by atoms with Gasteiger partial charge >= 0.3 is 17.9 Å². The molecule has 7 heteroatoms. The Kier molecular flexibility index (Phi) is 18.0. The lowest BCUT2D eigenvalue weighted by Crippen LogP contribution is -2.25. The topological polar surface area (TPSA) is 88.1 Å². The average Bonchev–Trinajstić information content (AvgIpc) is 2.87. The van der Waals surface area contributed by atoms with Crippen LogP contribution in [-0.2, 0) is 33.3 Å². The summed E-state index contributed by atoms with van der Waals surface area (Å²) in [4.78, 5) is 36.0. The first-order valence-corrected chi connectivity index (χ1v) is 14.0. The second-order valence-corrected chi connectivity index (χ2v) is 10.00. The third kappa shape index (κ3) is 15.3. The average molecular weight is 511 g/mol. The quantitative estimate of drug-likeness (QED) is 0.110. The van der Waals surface area contributed by atoms with Gasteiger partial charge in [-0.2, -0.15) is 0 Å². The Labute approximate surface area is 218 Å². The van der Waals surface area contributed by atoms with Crippen molar-refractivity contribution in [3.63, 3.8) is 0 Å². The molecule has 0 aliphatic carbocycles. The van der Waals surface area contributed by atoms with Crippen LogP contribution in [0.1, 0.15) is 104 Å². The van der Waals surface area contributed by atoms with Gasteiger partial charge in [-0.25, -0.2) is 0 Å². The fraction of sp³-hybridized carbons (Fsp3) is 0.828. The zero-order valence-electron chi connectivity index (χ0n) is 23.2. The summed E-state index contributed by atoms with van der Waals surface area (Å²) in [5.74, 6) is 0.226. The highest BCUT2D eigenvalue weighted by Gasteiger charge is 2.25. The fourth-order valence-corrected chi connectivity index (χ4v) is 4.61. The number of carbonyl (C=O) groups is 3. The van der Waals surface area contributed by atoms with Gasteiger partial charge in [0.2, 0.25) is 0 Å². The van der Waals surface area contributed by atoms with Gasteiger partial charge < -0.3 is 18.9 Å². The number of ether oxygens (including phenoxy) is 4. The number of allylic oxidation sites excluding steroid dienone is 2. The van der Waals surface area contributed by atoms with E-state index in [1.807, 2.05) is 0 Å². The lowest BCUT2D eigenvalue weighted by atomic mass is 9.87. The Hall–Kier alpha value is -1.89. The predicted octanol–water partition coefficient (Wildman–Crippen LogP) is 6.18. The molecule has 3 atom stereocenters. The van der Waals surface area contributed by atoms with E-state index in [1.165, 1.54) is 5.57 Å². The zero-order valence-corrected chi connectivity index (χ0v) is 23.2. The fourth-order valence-electron chi connectivity index (χ4n) is 4.61. The minimum atomic E-state index is -0.196. The van der Waals surface area contributed by atoms with E-state index in [0.29, 0.717) is 52.1 Å². The molecule has 0 radical (unpaired) electrons. The Bertz CT molecular complexity index is 658. The first-order chi connectivity index (χ1) is 17.4. The summed E-state index contributed by atoms with van der Waals surface area (Å²) in [6, 6.07) is 0. The lowest BCUT2D eigenvalue weighted by Gasteiger charge is -2.25. The maximum absolute atomic E-state index is 12.3. The van der Waals surface area contributed by atoms with Crippen molar-refractivity contribution in [2.45, 2.75) is 104 Å². The molecule has 1 fully saturated rings. The molecular formula is C29H50O7. The van der Waals surface area contributed by atoms with Crippen molar-refractivity contribution in [1.29, 1.82) is 0 Å². The molecule has 208 valence electrons. The smallest absolute Gasteiger partial charge is 0.306 e. The molecule has 36 heavy (non-hydrogen) atoms. The normalized spacial score (nSPS) is 17.8. The molecule has 0 amide bonds. The van der Waals surface area contributed by atoms with E-state index in [-0.39, 0.29) is 35.7 Å². The van der Waals surface area contributed by atoms with E-state index in [2.05, 4.69) is 26.8 Å². The van der Waals surface area contributed by atoms with Gasteiger partial charge in [0.25, 0.3) is 0 Å². The summed E-state index contributed by atoms with van der Waals surface area (Å²) >= 11 is 0. The number of carbonyl (C=O) groups excluding carboxylic acids is 3. The van der Waals surface area contributed by atoms with Crippen LogP contribution in [-0.4, -0.2) is 51.4 Å². The Balaban J connectivity index is 2.28. The van der Waals surface area contributed by atoms with Crippen LogP contribution >= 0.6 is 0 Å². The van der Waals surface area contributed by atoms with E-state index in [0.717, 1.165) is 57.8 Å². The van der Waals surface area contributed by atoms with Gasteiger partial charge in [0.05, 0.1) is 19.8 Å². The molecule has 1 aliphatic rings. The number of hydrogen-bond acceptors (Lipinski definition) is 7. The van der Waals surface area contributed by atoms with Gasteiger partial charge in [0, 0.05) is 33.0 Å². The zero-order chi connectivity index (χ0) is 26.6. The van der Waals surface area contributed by atoms with E-state index < -0.39 is 0 Å². The maximum Gasteiger partial charge on any atom is 0.306 e. The van der Waals surface area contributed by atoms with Gasteiger partial charge in [-0.05, 0) is 69.1 Å². The number of rotatable bonds is 20. The summed E-state index contributed by atoms with van der Waals surface area (Å²) in [6.07, 6.45) is 12.3. The van der Waals surface area contributed by atoms with Crippen molar-refractivity contribution in [2.24, 2.45) is 17.8 Å². The van der Waals surface area contributed by atoms with Crippen LogP contribution in [0, 0.1) is 17.8 Å². The molecule has 0 N–H and O–H groups in total. The second kappa shape index (κ2) is 20.2. The van der Waals surface area contributed by atoms with Gasteiger partial charge in [-0.3, -0.25) is 14.4 Å². The summed E-state index contributed by atoms with van der Waals surface area (Å²) in [5, 5.41) is 0. The monoisotopic (exact) mass is 510 g/mol. The summed E-state index contributed by atoms with van der Waals surface area (Å²) in [7, 11) is 1.66. The molecule has 3 unspecified atom stereocenters. The minimum Gasteiger partial charge on any atom is -0.466 e. The Morgan fingerprint density at radius 1 is 1.03 bits per heavy atom. The van der Waals surface area contributed by atoms with Crippen LogP contribution in [0.25, 0.3) is 0 Å². The van der Waals surface area contributed by atoms with Gasteiger partial charge in [0.1, 0.15) is 0 Å². The van der Waals surface area contributed by atoms with Crippen molar-refractivity contribution in [3.05, 3.63) is 11.6 Å². The van der Waals surface area contributed by atoms with Crippen molar-refractivity contribution in [2.75, 3.05) is 33.5 Å². The molecule has 0 saturated carbocycles. The van der Waals surface area contributed by atoms with Gasteiger partial charge in [-0.15, -0.1) is 0 Å². The molecule has 1 heterocycles. The summed E-state index contributed by atoms with van der Waals surface area (Å²) < 4.78 is 21.3. The molecule has 0 aromatic rings. The summed E-state index contributed by atoms with van der Waals surface area (Å²) in [5.41, 5.74) is 1.41. The predicted molar refractivity (Wildman–Crippen MR) is 140 cm³/mol.